The summed E-state index contributed by atoms with van der Waals surface area (Å²) in [5.41, 5.74) is 0. The van der Waals surface area contributed by atoms with Crippen LogP contribution in [-0.2, 0) is 47.4 Å². The average molecular weight is 854 g/mol. The fourth-order valence-corrected chi connectivity index (χ4v) is 7.16. The van der Waals surface area contributed by atoms with Crippen molar-refractivity contribution in [2.45, 2.75) is 167 Å². The fourth-order valence-electron chi connectivity index (χ4n) is 7.16. The predicted octanol–water partition coefficient (Wildman–Crippen LogP) is -10.8. The van der Waals surface area contributed by atoms with Gasteiger partial charge in [-0.1, -0.05) is 0 Å². The van der Waals surface area contributed by atoms with Crippen LogP contribution in [0, 0.1) is 0 Å². The molecule has 0 aliphatic carbocycles. The van der Waals surface area contributed by atoms with E-state index in [2.05, 4.69) is 5.32 Å². The van der Waals surface area contributed by atoms with Crippen LogP contribution in [0.1, 0.15) is 13.8 Å². The summed E-state index contributed by atoms with van der Waals surface area (Å²) >= 11 is 0. The van der Waals surface area contributed by atoms with E-state index in [9.17, 15) is 81.4 Å². The van der Waals surface area contributed by atoms with Crippen LogP contribution >= 0.6 is 0 Å². The summed E-state index contributed by atoms with van der Waals surface area (Å²) in [7, 11) is 0. The second-order valence-corrected chi connectivity index (χ2v) is 14.8. The second-order valence-electron chi connectivity index (χ2n) is 14.8. The quantitative estimate of drug-likeness (QED) is 0.0818. The summed E-state index contributed by atoms with van der Waals surface area (Å²) in [6.45, 7) is -0.757. The Kier molecular flexibility index (Phi) is 16.5. The molecule has 0 aromatic carbocycles. The first-order chi connectivity index (χ1) is 27.3. The molecule has 5 aliphatic heterocycles. The lowest BCUT2D eigenvalue weighted by Gasteiger charge is -2.49. The number of ether oxygens (including phenoxy) is 9. The first-order valence-electron chi connectivity index (χ1n) is 18.5. The predicted molar refractivity (Wildman–Crippen MR) is 177 cm³/mol. The van der Waals surface area contributed by atoms with E-state index in [4.69, 9.17) is 42.6 Å². The number of carbonyl (C=O) groups excluding carboxylic acids is 1. The molecule has 0 saturated carbocycles. The molecule has 0 radical (unpaired) electrons. The molecule has 5 aliphatic rings. The molecule has 26 nitrogen and oxygen atoms in total. The van der Waals surface area contributed by atoms with Gasteiger partial charge in [-0.25, -0.2) is 0 Å². The number of amides is 1. The summed E-state index contributed by atoms with van der Waals surface area (Å²) in [6.07, 6.45) is -42.3. The van der Waals surface area contributed by atoms with Crippen molar-refractivity contribution in [3.63, 3.8) is 0 Å². The lowest BCUT2D eigenvalue weighted by Crippen LogP contribution is -2.69. The molecule has 5 saturated heterocycles. The lowest BCUT2D eigenvalue weighted by atomic mass is 9.94. The van der Waals surface area contributed by atoms with Gasteiger partial charge >= 0.3 is 0 Å². The van der Waals surface area contributed by atoms with Crippen LogP contribution in [0.4, 0.5) is 0 Å². The molecule has 338 valence electrons. The van der Waals surface area contributed by atoms with Crippen molar-refractivity contribution in [3.8, 4) is 0 Å². The Balaban J connectivity index is 1.35. The molecule has 0 unspecified atom stereocenters. The first kappa shape index (κ1) is 47.6. The minimum absolute atomic E-state index is 0.686. The Hall–Kier alpha value is -1.49. The number of rotatable bonds is 13. The number of nitrogens with one attached hydrogen (secondary N) is 1. The highest BCUT2D eigenvalue weighted by Gasteiger charge is 2.55. The third-order valence-corrected chi connectivity index (χ3v) is 10.6. The third kappa shape index (κ3) is 10.1. The van der Waals surface area contributed by atoms with Gasteiger partial charge in [0, 0.05) is 6.92 Å². The van der Waals surface area contributed by atoms with Gasteiger partial charge < -0.3 is 125 Å². The lowest BCUT2D eigenvalue weighted by molar-refractivity contribution is -0.377. The molecule has 5 fully saturated rings. The standard InChI is InChI=1S/C32H55NO25/c1-7-14(37)18(41)22(45)29(52-7)50-5-11-16(39)20(43)24(47)31(55-11)57-26-10(4-35)53-28(49)13(33-8(2)36)27(26)58-32-25(48)21(44)17(40)12(56-32)6-51-30-23(46)19(42)15(38)9(3-34)54-30/h7,9-32,34-35,37-49H,3-6H2,1-2H3,(H,33,36)/t7-,9+,10+,11+,12+,13+,14-,15+,16+,17+,18+,19-,20-,21-,22+,23+,24+,25+,26-,27+,28-,29+,30-,31+,32-/m0/s1. The smallest absolute Gasteiger partial charge is 0.217 e. The zero-order chi connectivity index (χ0) is 42.9. The molecular weight excluding hydrogens is 798 g/mol. The van der Waals surface area contributed by atoms with Gasteiger partial charge in [-0.05, 0) is 6.92 Å². The van der Waals surface area contributed by atoms with Gasteiger partial charge in [0.2, 0.25) is 5.91 Å². The SMILES string of the molecule is CC(=O)N[C@@H]1[C@@H](O[C@@H]2O[C@H](CO[C@H]3O[C@H](CO)[C@@H](O)[C@H](O)[C@H]3O)[C@@H](O)[C@H](O)[C@H]2O)[C@@H](O[C@H]2O[C@H](CO[C@@H]3O[C@@H](C)[C@H](O)[C@@H](O)[C@H]3O)[C@@H](O)[C@H](O)[C@H]2O)[C@@H](CO)O[C@@H]1O. The molecule has 0 bridgehead atoms. The maximum Gasteiger partial charge on any atom is 0.217 e. The summed E-state index contributed by atoms with van der Waals surface area (Å²) in [5.74, 6) is -0.780. The van der Waals surface area contributed by atoms with Crippen molar-refractivity contribution in [1.29, 1.82) is 0 Å². The number of hydrogen-bond donors (Lipinski definition) is 16. The van der Waals surface area contributed by atoms with Crippen LogP contribution in [0.5, 0.6) is 0 Å². The highest BCUT2D eigenvalue weighted by atomic mass is 16.8. The number of carbonyl (C=O) groups is 1. The Labute approximate surface area is 329 Å². The molecular formula is C32H55NO25. The molecule has 26 heteroatoms. The minimum Gasteiger partial charge on any atom is -0.394 e. The van der Waals surface area contributed by atoms with Crippen molar-refractivity contribution in [2.75, 3.05) is 26.4 Å². The van der Waals surface area contributed by atoms with Crippen LogP contribution in [0.15, 0.2) is 0 Å². The fraction of sp³-hybridized carbons (Fsp3) is 0.969. The highest BCUT2D eigenvalue weighted by Crippen LogP contribution is 2.34. The van der Waals surface area contributed by atoms with Crippen LogP contribution in [0.2, 0.25) is 0 Å². The zero-order valence-corrected chi connectivity index (χ0v) is 31.1. The summed E-state index contributed by atoms with van der Waals surface area (Å²) < 4.78 is 50.4. The number of hydrogen-bond acceptors (Lipinski definition) is 25. The van der Waals surface area contributed by atoms with Gasteiger partial charge in [-0.15, -0.1) is 0 Å². The monoisotopic (exact) mass is 853 g/mol. The van der Waals surface area contributed by atoms with Gasteiger partial charge in [0.25, 0.3) is 0 Å². The molecule has 58 heavy (non-hydrogen) atoms. The largest absolute Gasteiger partial charge is 0.394 e. The summed E-state index contributed by atoms with van der Waals surface area (Å²) in [5, 5.41) is 159. The Bertz CT molecular complexity index is 1310. The van der Waals surface area contributed by atoms with E-state index in [1.807, 2.05) is 0 Å². The van der Waals surface area contributed by atoms with Gasteiger partial charge in [0.05, 0.1) is 32.5 Å². The second kappa shape index (κ2) is 20.1. The van der Waals surface area contributed by atoms with Crippen molar-refractivity contribution in [2.24, 2.45) is 0 Å². The van der Waals surface area contributed by atoms with Crippen LogP contribution in [0.25, 0.3) is 0 Å². The van der Waals surface area contributed by atoms with E-state index in [-0.39, 0.29) is 0 Å². The molecule has 0 aromatic heterocycles. The summed E-state index contributed by atoms with van der Waals surface area (Å²) in [6, 6.07) is -1.65. The van der Waals surface area contributed by atoms with E-state index < -0.39 is 186 Å². The maximum absolute atomic E-state index is 12.3. The topological polar surface area (TPSA) is 416 Å². The first-order valence-corrected chi connectivity index (χ1v) is 18.5. The average Bonchev–Trinajstić information content (AvgIpc) is 3.19. The van der Waals surface area contributed by atoms with Crippen molar-refractivity contribution in [1.82, 2.24) is 5.32 Å². The maximum atomic E-state index is 12.3. The van der Waals surface area contributed by atoms with E-state index in [1.165, 1.54) is 6.92 Å². The van der Waals surface area contributed by atoms with E-state index in [0.717, 1.165) is 6.92 Å². The highest BCUT2D eigenvalue weighted by molar-refractivity contribution is 5.73. The van der Waals surface area contributed by atoms with Gasteiger partial charge in [0.15, 0.2) is 31.5 Å². The van der Waals surface area contributed by atoms with E-state index in [0.29, 0.717) is 0 Å². The zero-order valence-electron chi connectivity index (χ0n) is 31.1. The normalized spacial score (nSPS) is 51.6. The van der Waals surface area contributed by atoms with Gasteiger partial charge in [-0.3, -0.25) is 4.79 Å². The Morgan fingerprint density at radius 1 is 0.483 bits per heavy atom. The van der Waals surface area contributed by atoms with E-state index in [1.54, 1.807) is 0 Å². The third-order valence-electron chi connectivity index (χ3n) is 10.6. The van der Waals surface area contributed by atoms with Crippen molar-refractivity contribution < 1.29 is 124 Å². The van der Waals surface area contributed by atoms with E-state index >= 15 is 0 Å². The molecule has 1 amide bonds. The molecule has 5 rings (SSSR count). The molecule has 16 N–H and O–H groups in total. The van der Waals surface area contributed by atoms with Crippen LogP contribution < -0.4 is 5.32 Å². The minimum atomic E-state index is -2.10. The Morgan fingerprint density at radius 3 is 1.34 bits per heavy atom. The molecule has 5 heterocycles. The Morgan fingerprint density at radius 2 is 0.879 bits per heavy atom. The molecule has 25 atom stereocenters. The van der Waals surface area contributed by atoms with Gasteiger partial charge in [0.1, 0.15) is 116 Å². The van der Waals surface area contributed by atoms with Gasteiger partial charge in [-0.2, -0.15) is 0 Å². The molecule has 0 spiro atoms. The van der Waals surface area contributed by atoms with Crippen LogP contribution in [0.3, 0.4) is 0 Å². The number of aliphatic hydroxyl groups excluding tert-OH is 15. The van der Waals surface area contributed by atoms with Crippen LogP contribution in [-0.4, -0.2) is 262 Å². The van der Waals surface area contributed by atoms with Crippen molar-refractivity contribution >= 4 is 5.91 Å². The number of aliphatic hydroxyl groups is 15. The summed E-state index contributed by atoms with van der Waals surface area (Å²) in [4.78, 5) is 12.3. The molecule has 0 aromatic rings. The van der Waals surface area contributed by atoms with Crippen molar-refractivity contribution in [3.05, 3.63) is 0 Å².